The number of nitrogens with one attached hydrogen (secondary N) is 1. The molecule has 1 aliphatic carbocycles. The topological polar surface area (TPSA) is 58.4 Å². The van der Waals surface area contributed by atoms with Crippen LogP contribution in [-0.4, -0.2) is 18.1 Å². The molecule has 1 N–H and O–H groups in total. The van der Waals surface area contributed by atoms with E-state index in [0.717, 1.165) is 35.8 Å². The van der Waals surface area contributed by atoms with E-state index >= 15 is 0 Å². The Morgan fingerprint density at radius 1 is 1.15 bits per heavy atom. The van der Waals surface area contributed by atoms with E-state index in [0.29, 0.717) is 31.7 Å². The van der Waals surface area contributed by atoms with Crippen molar-refractivity contribution in [2.24, 2.45) is 5.41 Å². The summed E-state index contributed by atoms with van der Waals surface area (Å²) in [5.74, 6) is 0.727. The van der Waals surface area contributed by atoms with Crippen molar-refractivity contribution in [2.45, 2.75) is 66.3 Å². The van der Waals surface area contributed by atoms with E-state index in [1.807, 2.05) is 39.8 Å². The number of aryl methyl sites for hydroxylation is 1. The number of hydrogen-bond acceptors (Lipinski definition) is 5. The number of rotatable bonds is 4. The summed E-state index contributed by atoms with van der Waals surface area (Å²) in [4.78, 5) is 19.9. The van der Waals surface area contributed by atoms with Crippen LogP contribution < -0.4 is 15.6 Å². The molecule has 1 saturated heterocycles. The first-order valence-electron chi connectivity index (χ1n) is 12.2. The molecule has 182 valence electrons. The molecule has 2 aromatic heterocycles. The number of pyridine rings is 1. The van der Waals surface area contributed by atoms with Gasteiger partial charge in [0.2, 0.25) is 5.88 Å². The van der Waals surface area contributed by atoms with Crippen molar-refractivity contribution in [2.75, 3.05) is 23.3 Å². The van der Waals surface area contributed by atoms with Gasteiger partial charge in [-0.05, 0) is 91.6 Å². The lowest BCUT2D eigenvalue weighted by atomic mass is 9.93. The molecule has 1 aliphatic heterocycles. The normalized spacial score (nSPS) is 17.3. The Morgan fingerprint density at radius 2 is 1.82 bits per heavy atom. The third-order valence-electron chi connectivity index (χ3n) is 7.09. The van der Waals surface area contributed by atoms with Gasteiger partial charge < -0.3 is 14.6 Å². The first-order chi connectivity index (χ1) is 16.3. The van der Waals surface area contributed by atoms with Crippen molar-refractivity contribution < 1.29 is 4.42 Å². The summed E-state index contributed by atoms with van der Waals surface area (Å²) in [6.45, 7) is 11.9. The second-order valence-electron chi connectivity index (χ2n) is 9.42. The minimum Gasteiger partial charge on any atom is -0.440 e. The van der Waals surface area contributed by atoms with Gasteiger partial charge in [0, 0.05) is 18.7 Å². The average Bonchev–Trinajstić information content (AvgIpc) is 3.58. The number of piperidine rings is 1. The smallest absolute Gasteiger partial charge is 0.202 e. The van der Waals surface area contributed by atoms with Crippen LogP contribution in [0.1, 0.15) is 69.2 Å². The highest BCUT2D eigenvalue weighted by molar-refractivity contribution is 9.10. The molecule has 1 atom stereocenters. The van der Waals surface area contributed by atoms with E-state index in [-0.39, 0.29) is 11.5 Å². The van der Waals surface area contributed by atoms with Crippen molar-refractivity contribution in [1.82, 2.24) is 4.98 Å². The zero-order valence-electron chi connectivity index (χ0n) is 20.6. The maximum absolute atomic E-state index is 13.4. The lowest BCUT2D eigenvalue weighted by molar-refractivity contribution is 0.371. The molecular formula is C27H33BrClN3O2. The minimum atomic E-state index is -0.105. The summed E-state index contributed by atoms with van der Waals surface area (Å²) >= 11 is 9.46. The highest BCUT2D eigenvalue weighted by Crippen LogP contribution is 2.54. The van der Waals surface area contributed by atoms with E-state index < -0.39 is 0 Å². The van der Waals surface area contributed by atoms with Crippen LogP contribution in [-0.2, 0) is 0 Å². The van der Waals surface area contributed by atoms with Gasteiger partial charge in [-0.1, -0.05) is 31.5 Å². The van der Waals surface area contributed by atoms with Gasteiger partial charge in [0.1, 0.15) is 15.3 Å². The van der Waals surface area contributed by atoms with Crippen LogP contribution in [0.15, 0.2) is 38.1 Å². The van der Waals surface area contributed by atoms with E-state index in [2.05, 4.69) is 44.1 Å². The van der Waals surface area contributed by atoms with E-state index in [1.165, 1.54) is 25.7 Å². The molecule has 1 spiro atoms. The number of fused-ring (bicyclic) bond motifs is 1. The highest BCUT2D eigenvalue weighted by atomic mass is 79.9. The third-order valence-corrected chi connectivity index (χ3v) is 7.90. The van der Waals surface area contributed by atoms with Crippen LogP contribution in [0, 0.1) is 19.3 Å². The van der Waals surface area contributed by atoms with Crippen LogP contribution in [0.2, 0.25) is 5.15 Å². The fourth-order valence-electron chi connectivity index (χ4n) is 4.87. The van der Waals surface area contributed by atoms with E-state index in [4.69, 9.17) is 16.0 Å². The quantitative estimate of drug-likeness (QED) is 0.338. The van der Waals surface area contributed by atoms with Crippen LogP contribution in [0.5, 0.6) is 0 Å². The zero-order valence-corrected chi connectivity index (χ0v) is 22.9. The summed E-state index contributed by atoms with van der Waals surface area (Å²) in [5.41, 5.74) is 4.80. The van der Waals surface area contributed by atoms with E-state index in [1.54, 1.807) is 6.07 Å². The first kappa shape index (κ1) is 25.1. The summed E-state index contributed by atoms with van der Waals surface area (Å²) in [5, 5.41) is 4.55. The van der Waals surface area contributed by atoms with Gasteiger partial charge in [-0.25, -0.2) is 4.98 Å². The summed E-state index contributed by atoms with van der Waals surface area (Å²) < 4.78 is 7.18. The van der Waals surface area contributed by atoms with Gasteiger partial charge in [-0.3, -0.25) is 4.79 Å². The third kappa shape index (κ3) is 4.85. The molecule has 0 bridgehead atoms. The second-order valence-corrected chi connectivity index (χ2v) is 10.6. The molecule has 7 heteroatoms. The van der Waals surface area contributed by atoms with Gasteiger partial charge in [0.25, 0.3) is 0 Å². The zero-order chi connectivity index (χ0) is 24.6. The number of halogens is 2. The molecule has 1 unspecified atom stereocenters. The van der Waals surface area contributed by atoms with Crippen LogP contribution >= 0.6 is 27.5 Å². The molecular weight excluding hydrogens is 514 g/mol. The standard InChI is InChI=1S/C25H27BrClN3O2.C2H6/c1-14-12-17(16(3)28-19-4-5-20(27)29-23(19)26)22-18(13-14)21(31)15(2)24(32-22)30-10-8-25(6-7-25)9-11-30;1-2/h4-5,12-13,16,28H,6-11H2,1-3H3;1-2H3. The van der Waals surface area contributed by atoms with Gasteiger partial charge >= 0.3 is 0 Å². The molecule has 5 nitrogen and oxygen atoms in total. The number of benzene rings is 1. The second kappa shape index (κ2) is 9.90. The molecule has 5 rings (SSSR count). The lowest BCUT2D eigenvalue weighted by Crippen LogP contribution is -2.35. The average molecular weight is 547 g/mol. The Labute approximate surface area is 215 Å². The minimum absolute atomic E-state index is 0.0550. The van der Waals surface area contributed by atoms with Gasteiger partial charge in [-0.15, -0.1) is 0 Å². The largest absolute Gasteiger partial charge is 0.440 e. The van der Waals surface area contributed by atoms with Crippen LogP contribution in [0.4, 0.5) is 11.6 Å². The molecule has 0 radical (unpaired) electrons. The number of nitrogens with zero attached hydrogens (tertiary/aromatic N) is 2. The van der Waals surface area contributed by atoms with Crippen LogP contribution in [0.3, 0.4) is 0 Å². The van der Waals surface area contributed by atoms with Crippen molar-refractivity contribution in [3.63, 3.8) is 0 Å². The Kier molecular flexibility index (Phi) is 7.30. The molecule has 1 saturated carbocycles. The molecule has 2 fully saturated rings. The molecule has 2 aliphatic rings. The van der Waals surface area contributed by atoms with Gasteiger partial charge in [-0.2, -0.15) is 0 Å². The molecule has 1 aromatic carbocycles. The number of hydrogen-bond donors (Lipinski definition) is 1. The van der Waals surface area contributed by atoms with E-state index in [9.17, 15) is 4.79 Å². The number of anilines is 2. The first-order valence-corrected chi connectivity index (χ1v) is 13.3. The summed E-state index contributed by atoms with van der Waals surface area (Å²) in [7, 11) is 0. The number of aromatic nitrogens is 1. The Balaban J connectivity index is 0.00000133. The maximum atomic E-state index is 13.4. The molecule has 0 amide bonds. The predicted octanol–water partition coefficient (Wildman–Crippen LogP) is 7.80. The molecule has 3 heterocycles. The van der Waals surface area contributed by atoms with Gasteiger partial charge in [0.15, 0.2) is 5.43 Å². The molecule has 34 heavy (non-hydrogen) atoms. The Bertz CT molecular complexity index is 1260. The van der Waals surface area contributed by atoms with Crippen molar-refractivity contribution in [1.29, 1.82) is 0 Å². The fourth-order valence-corrected chi connectivity index (χ4v) is 5.56. The SMILES string of the molecule is CC.Cc1cc(C(C)Nc2ccc(Cl)nc2Br)c2oc(N3CCC4(CC3)CC4)c(C)c(=O)c2c1. The van der Waals surface area contributed by atoms with Crippen LogP contribution in [0.25, 0.3) is 11.0 Å². The lowest BCUT2D eigenvalue weighted by Gasteiger charge is -2.33. The Hall–Kier alpha value is -2.05. The monoisotopic (exact) mass is 545 g/mol. The highest BCUT2D eigenvalue weighted by Gasteiger charge is 2.45. The Morgan fingerprint density at radius 3 is 2.44 bits per heavy atom. The van der Waals surface area contributed by atoms with Gasteiger partial charge in [0.05, 0.1) is 22.7 Å². The molecule has 3 aromatic rings. The van der Waals surface area contributed by atoms with Crippen molar-refractivity contribution in [3.05, 3.63) is 60.9 Å². The van der Waals surface area contributed by atoms with Crippen molar-refractivity contribution >= 4 is 50.1 Å². The predicted molar refractivity (Wildman–Crippen MR) is 145 cm³/mol. The summed E-state index contributed by atoms with van der Waals surface area (Å²) in [6.07, 6.45) is 5.07. The summed E-state index contributed by atoms with van der Waals surface area (Å²) in [6, 6.07) is 7.56. The fraction of sp³-hybridized carbons (Fsp3) is 0.481. The van der Waals surface area contributed by atoms with Crippen molar-refractivity contribution in [3.8, 4) is 0 Å². The maximum Gasteiger partial charge on any atom is 0.202 e.